The van der Waals surface area contributed by atoms with Crippen LogP contribution in [-0.4, -0.2) is 116 Å². The number of aliphatic hydroxyl groups excluding tert-OH is 7. The van der Waals surface area contributed by atoms with Crippen molar-refractivity contribution in [1.29, 1.82) is 0 Å². The first-order valence-corrected chi connectivity index (χ1v) is 15.6. The van der Waals surface area contributed by atoms with Crippen molar-refractivity contribution in [2.45, 2.75) is 152 Å². The molecular weight excluding hydrogens is 548 g/mol. The summed E-state index contributed by atoms with van der Waals surface area (Å²) in [5.41, 5.74) is 0. The Balaban J connectivity index is 1.66. The Bertz CT molecular complexity index is 787. The number of carbonyl (C=O) groups is 1. The largest absolute Gasteiger partial charge is 0.394 e. The van der Waals surface area contributed by atoms with Gasteiger partial charge in [-0.2, -0.15) is 0 Å². The Kier molecular flexibility index (Phi) is 18.2. The number of ketones is 1. The lowest BCUT2D eigenvalue weighted by molar-refractivity contribution is -0.341. The van der Waals surface area contributed by atoms with E-state index in [1.807, 2.05) is 0 Å². The van der Waals surface area contributed by atoms with Crippen molar-refractivity contribution in [3.63, 3.8) is 0 Å². The average molecular weight is 603 g/mol. The molecule has 0 bridgehead atoms. The molecule has 10 atom stereocenters. The quantitative estimate of drug-likeness (QED) is 0.0789. The molecule has 0 radical (unpaired) electrons. The van der Waals surface area contributed by atoms with Gasteiger partial charge in [0.15, 0.2) is 6.29 Å². The van der Waals surface area contributed by atoms with Gasteiger partial charge in [-0.15, -0.1) is 0 Å². The van der Waals surface area contributed by atoms with Gasteiger partial charge >= 0.3 is 0 Å². The van der Waals surface area contributed by atoms with Crippen molar-refractivity contribution in [2.75, 3.05) is 13.2 Å². The number of hydrogen-bond donors (Lipinski definition) is 7. The van der Waals surface area contributed by atoms with Crippen LogP contribution in [0, 0.1) is 0 Å². The highest BCUT2D eigenvalue weighted by Gasteiger charge is 2.50. The number of hydrogen-bond acceptors (Lipinski definition) is 11. The molecule has 0 aliphatic carbocycles. The Labute approximate surface area is 249 Å². The molecule has 7 N–H and O–H groups in total. The Hall–Kier alpha value is -1.25. The molecule has 0 unspecified atom stereocenters. The summed E-state index contributed by atoms with van der Waals surface area (Å²) < 4.78 is 16.5. The van der Waals surface area contributed by atoms with Gasteiger partial charge in [0.25, 0.3) is 0 Å². The first-order chi connectivity index (χ1) is 20.2. The molecule has 0 spiro atoms. The second-order valence-electron chi connectivity index (χ2n) is 11.4. The number of rotatable bonds is 20. The van der Waals surface area contributed by atoms with Gasteiger partial charge in [0.1, 0.15) is 54.6 Å². The van der Waals surface area contributed by atoms with Crippen molar-refractivity contribution in [1.82, 2.24) is 0 Å². The summed E-state index contributed by atoms with van der Waals surface area (Å²) in [6.07, 6.45) is 6.42. The Morgan fingerprint density at radius 2 is 1.26 bits per heavy atom. The molecule has 2 aliphatic heterocycles. The normalized spacial score (nSPS) is 34.0. The zero-order valence-electron chi connectivity index (χ0n) is 25.0. The third kappa shape index (κ3) is 12.0. The van der Waals surface area contributed by atoms with E-state index in [0.717, 1.165) is 51.4 Å². The summed E-state index contributed by atoms with van der Waals surface area (Å²) in [4.78, 5) is 12.6. The number of allylic oxidation sites excluding steroid dienone is 4. The fourth-order valence-corrected chi connectivity index (χ4v) is 5.30. The first-order valence-electron chi connectivity index (χ1n) is 15.6. The molecule has 2 saturated heterocycles. The molecule has 11 nitrogen and oxygen atoms in total. The van der Waals surface area contributed by atoms with Crippen LogP contribution in [0.5, 0.6) is 0 Å². The predicted molar refractivity (Wildman–Crippen MR) is 155 cm³/mol. The van der Waals surface area contributed by atoms with Gasteiger partial charge in [0.05, 0.1) is 19.3 Å². The number of carbonyl (C=O) groups excluding carboxylic acids is 1. The van der Waals surface area contributed by atoms with Crippen LogP contribution < -0.4 is 0 Å². The highest BCUT2D eigenvalue weighted by atomic mass is 16.7. The standard InChI is InChI=1S/C31H54O11/c1-2-3-4-5-6-7-8-9-10-11-12-13-14-15-16-17-21(34)18-22-25(35)28(38)30(24(20-33)40-22)42-31-29(39)27(37)26(36)23(19-32)41-31/h6-7,9-10,22-33,35-39H,2-5,8,11-20H2,1H3/b7-6+,10-9+/t22-,23-,24-,25+,26-,27+,28-,29-,30-,31+/m1/s1. The smallest absolute Gasteiger partial charge is 0.187 e. The summed E-state index contributed by atoms with van der Waals surface area (Å²) in [6.45, 7) is 0.919. The molecular formula is C31H54O11. The van der Waals surface area contributed by atoms with Gasteiger partial charge in [0, 0.05) is 12.8 Å². The van der Waals surface area contributed by atoms with E-state index in [9.17, 15) is 40.5 Å². The fourth-order valence-electron chi connectivity index (χ4n) is 5.30. The van der Waals surface area contributed by atoms with E-state index in [2.05, 4.69) is 31.2 Å². The van der Waals surface area contributed by atoms with Gasteiger partial charge in [-0.3, -0.25) is 4.79 Å². The lowest BCUT2D eigenvalue weighted by Gasteiger charge is -2.46. The highest BCUT2D eigenvalue weighted by molar-refractivity contribution is 5.78. The van der Waals surface area contributed by atoms with Crippen LogP contribution in [-0.2, 0) is 19.0 Å². The minimum Gasteiger partial charge on any atom is -0.394 e. The summed E-state index contributed by atoms with van der Waals surface area (Å²) in [7, 11) is 0. The third-order valence-electron chi connectivity index (χ3n) is 7.94. The molecule has 2 rings (SSSR count). The zero-order valence-corrected chi connectivity index (χ0v) is 25.0. The molecule has 0 aromatic carbocycles. The fraction of sp³-hybridized carbons (Fsp3) is 0.839. The molecule has 42 heavy (non-hydrogen) atoms. The Morgan fingerprint density at radius 1 is 0.667 bits per heavy atom. The molecule has 0 aromatic heterocycles. The maximum atomic E-state index is 12.6. The highest BCUT2D eigenvalue weighted by Crippen LogP contribution is 2.30. The van der Waals surface area contributed by atoms with Crippen LogP contribution in [0.4, 0.5) is 0 Å². The van der Waals surface area contributed by atoms with E-state index in [1.54, 1.807) is 0 Å². The summed E-state index contributed by atoms with van der Waals surface area (Å²) in [5, 5.41) is 70.7. The molecule has 0 amide bonds. The lowest BCUT2D eigenvalue weighted by atomic mass is 9.91. The first kappa shape index (κ1) is 36.9. The molecule has 2 aliphatic rings. The van der Waals surface area contributed by atoms with Gasteiger partial charge in [-0.05, 0) is 38.5 Å². The van der Waals surface area contributed by atoms with E-state index in [-0.39, 0.29) is 12.2 Å². The zero-order chi connectivity index (χ0) is 30.9. The van der Waals surface area contributed by atoms with E-state index >= 15 is 0 Å². The molecule has 244 valence electrons. The maximum absolute atomic E-state index is 12.6. The topological polar surface area (TPSA) is 186 Å². The van der Waals surface area contributed by atoms with Gasteiger partial charge in [-0.25, -0.2) is 0 Å². The summed E-state index contributed by atoms with van der Waals surface area (Å²) in [6, 6.07) is 0. The number of Topliss-reactive ketones (excluding diaryl/α,β-unsaturated/α-hetero) is 1. The average Bonchev–Trinajstić information content (AvgIpc) is 2.98. The maximum Gasteiger partial charge on any atom is 0.187 e. The SMILES string of the molecule is CCCCC/C=C/C/C=C/CCCCCCCC(=O)C[C@H]1O[C@H](CO)[C@@H](O[C@@H]2O[C@H](CO)[C@@H](O)[C@H](O)[C@H]2O)[C@H](O)[C@H]1O. The molecule has 11 heteroatoms. The monoisotopic (exact) mass is 602 g/mol. The van der Waals surface area contributed by atoms with Crippen molar-refractivity contribution >= 4 is 5.78 Å². The van der Waals surface area contributed by atoms with Crippen LogP contribution in [0.3, 0.4) is 0 Å². The van der Waals surface area contributed by atoms with Crippen LogP contribution in [0.15, 0.2) is 24.3 Å². The molecule has 0 aromatic rings. The minimum atomic E-state index is -1.73. The van der Waals surface area contributed by atoms with Gasteiger partial charge in [-0.1, -0.05) is 63.3 Å². The predicted octanol–water partition coefficient (Wildman–Crippen LogP) is 1.43. The van der Waals surface area contributed by atoms with Gasteiger partial charge in [0.2, 0.25) is 0 Å². The molecule has 2 fully saturated rings. The van der Waals surface area contributed by atoms with Crippen molar-refractivity contribution in [3.05, 3.63) is 24.3 Å². The van der Waals surface area contributed by atoms with E-state index < -0.39 is 74.4 Å². The van der Waals surface area contributed by atoms with Crippen LogP contribution in [0.2, 0.25) is 0 Å². The lowest BCUT2D eigenvalue weighted by Crippen LogP contribution is -2.64. The van der Waals surface area contributed by atoms with E-state index in [4.69, 9.17) is 14.2 Å². The van der Waals surface area contributed by atoms with Gasteiger partial charge < -0.3 is 50.0 Å². The second kappa shape index (κ2) is 20.7. The molecule has 0 saturated carbocycles. The summed E-state index contributed by atoms with van der Waals surface area (Å²) in [5.74, 6) is -0.123. The van der Waals surface area contributed by atoms with E-state index in [0.29, 0.717) is 6.42 Å². The number of unbranched alkanes of at least 4 members (excludes halogenated alkanes) is 8. The van der Waals surface area contributed by atoms with E-state index in [1.165, 1.54) is 19.3 Å². The summed E-state index contributed by atoms with van der Waals surface area (Å²) >= 11 is 0. The van der Waals surface area contributed by atoms with Crippen molar-refractivity contribution < 1.29 is 54.8 Å². The number of ether oxygens (including phenoxy) is 3. The van der Waals surface area contributed by atoms with Crippen molar-refractivity contribution in [2.24, 2.45) is 0 Å². The van der Waals surface area contributed by atoms with Crippen LogP contribution >= 0.6 is 0 Å². The molecule has 2 heterocycles. The van der Waals surface area contributed by atoms with Crippen LogP contribution in [0.25, 0.3) is 0 Å². The Morgan fingerprint density at radius 3 is 1.90 bits per heavy atom. The third-order valence-corrected chi connectivity index (χ3v) is 7.94. The van der Waals surface area contributed by atoms with Crippen molar-refractivity contribution in [3.8, 4) is 0 Å². The second-order valence-corrected chi connectivity index (χ2v) is 11.4. The minimum absolute atomic E-state index is 0.123. The van der Waals surface area contributed by atoms with Crippen LogP contribution in [0.1, 0.15) is 90.4 Å². The number of aliphatic hydroxyl groups is 7.